The third-order valence-corrected chi connectivity index (χ3v) is 5.85. The van der Waals surface area contributed by atoms with Gasteiger partial charge in [-0.15, -0.1) is 0 Å². The summed E-state index contributed by atoms with van der Waals surface area (Å²) >= 11 is 5.99. The fourth-order valence-corrected chi connectivity index (χ4v) is 4.09. The van der Waals surface area contributed by atoms with Crippen molar-refractivity contribution in [3.8, 4) is 0 Å². The first kappa shape index (κ1) is 16.5. The number of carbonyl (C=O) groups is 2. The molecule has 1 aliphatic rings. The van der Waals surface area contributed by atoms with Gasteiger partial charge in [-0.05, 0) is 36.8 Å². The molecule has 2 aromatic rings. The van der Waals surface area contributed by atoms with Gasteiger partial charge in [0.25, 0.3) is 15.9 Å². The maximum absolute atomic E-state index is 12.4. The third kappa shape index (κ3) is 2.76. The summed E-state index contributed by atoms with van der Waals surface area (Å²) in [6, 6.07) is 10.8. The van der Waals surface area contributed by atoms with Gasteiger partial charge in [0.15, 0.2) is 0 Å². The van der Waals surface area contributed by atoms with Crippen LogP contribution >= 0.6 is 11.6 Å². The molecule has 2 amide bonds. The number of carbonyl (C=O) groups excluding carboxylic acids is 2. The highest BCUT2D eigenvalue weighted by molar-refractivity contribution is 7.90. The van der Waals surface area contributed by atoms with Crippen molar-refractivity contribution in [3.05, 3.63) is 58.6 Å². The van der Waals surface area contributed by atoms with Crippen LogP contribution in [0.3, 0.4) is 0 Å². The van der Waals surface area contributed by atoms with Crippen molar-refractivity contribution >= 4 is 39.1 Å². The van der Waals surface area contributed by atoms with Crippen molar-refractivity contribution in [2.24, 2.45) is 0 Å². The Morgan fingerprint density at radius 3 is 2.58 bits per heavy atom. The lowest BCUT2D eigenvalue weighted by atomic mass is 10.2. The number of hydrogen-bond donors (Lipinski definition) is 1. The van der Waals surface area contributed by atoms with E-state index in [1.165, 1.54) is 18.2 Å². The molecule has 0 spiro atoms. The highest BCUT2D eigenvalue weighted by Gasteiger charge is 2.41. The molecule has 2 aromatic carbocycles. The minimum Gasteiger partial charge on any atom is -0.324 e. The number of nitrogens with zero attached hydrogens (tertiary/aromatic N) is 1. The summed E-state index contributed by atoms with van der Waals surface area (Å²) in [5.41, 5.74) is 1.35. The van der Waals surface area contributed by atoms with Crippen LogP contribution in [-0.4, -0.2) is 31.1 Å². The largest absolute Gasteiger partial charge is 0.324 e. The van der Waals surface area contributed by atoms with Crippen LogP contribution < -0.4 is 5.32 Å². The standard InChI is InChI=1S/C16H13ClN2O4S/c1-10-6-7-11(8-13(10)17)18-15(20)9-19-16(21)12-4-2-3-5-14(12)24(19,22)23/h2-8H,9H2,1H3,(H,18,20). The van der Waals surface area contributed by atoms with Gasteiger partial charge >= 0.3 is 0 Å². The molecule has 0 atom stereocenters. The third-order valence-electron chi connectivity index (χ3n) is 3.65. The van der Waals surface area contributed by atoms with E-state index in [4.69, 9.17) is 11.6 Å². The zero-order chi connectivity index (χ0) is 17.5. The van der Waals surface area contributed by atoms with Crippen molar-refractivity contribution in [2.45, 2.75) is 11.8 Å². The highest BCUT2D eigenvalue weighted by Crippen LogP contribution is 2.29. The van der Waals surface area contributed by atoms with Gasteiger partial charge in [0.05, 0.1) is 5.56 Å². The molecule has 0 saturated heterocycles. The normalized spacial score (nSPS) is 15.2. The molecule has 1 N–H and O–H groups in total. The number of nitrogens with one attached hydrogen (secondary N) is 1. The molecule has 0 aromatic heterocycles. The SMILES string of the molecule is Cc1ccc(NC(=O)CN2C(=O)c3ccccc3S2(=O)=O)cc1Cl. The van der Waals surface area contributed by atoms with Crippen molar-refractivity contribution < 1.29 is 18.0 Å². The van der Waals surface area contributed by atoms with Gasteiger partial charge in [-0.3, -0.25) is 9.59 Å². The number of anilines is 1. The molecule has 124 valence electrons. The molecular weight excluding hydrogens is 352 g/mol. The molecule has 1 aliphatic heterocycles. The van der Waals surface area contributed by atoms with Gasteiger partial charge < -0.3 is 5.32 Å². The minimum absolute atomic E-state index is 0.0729. The number of sulfonamides is 1. The first-order valence-electron chi connectivity index (χ1n) is 7.03. The Morgan fingerprint density at radius 1 is 1.21 bits per heavy atom. The highest BCUT2D eigenvalue weighted by atomic mass is 35.5. The van der Waals surface area contributed by atoms with E-state index in [0.717, 1.165) is 5.56 Å². The zero-order valence-corrected chi connectivity index (χ0v) is 14.2. The van der Waals surface area contributed by atoms with Crippen molar-refractivity contribution in [3.63, 3.8) is 0 Å². The topological polar surface area (TPSA) is 83.6 Å². The summed E-state index contributed by atoms with van der Waals surface area (Å²) in [6.45, 7) is 1.22. The second-order valence-electron chi connectivity index (χ2n) is 5.33. The van der Waals surface area contributed by atoms with E-state index in [9.17, 15) is 18.0 Å². The second kappa shape index (κ2) is 5.92. The number of rotatable bonds is 3. The molecule has 6 nitrogen and oxygen atoms in total. The van der Waals surface area contributed by atoms with E-state index in [2.05, 4.69) is 5.32 Å². The summed E-state index contributed by atoms with van der Waals surface area (Å²) in [5, 5.41) is 3.02. The van der Waals surface area contributed by atoms with Crippen LogP contribution in [0.2, 0.25) is 5.02 Å². The first-order chi connectivity index (χ1) is 11.3. The molecule has 0 unspecified atom stereocenters. The van der Waals surface area contributed by atoms with E-state index in [0.29, 0.717) is 15.0 Å². The zero-order valence-electron chi connectivity index (χ0n) is 12.6. The van der Waals surface area contributed by atoms with Crippen LogP contribution in [0.5, 0.6) is 0 Å². The Morgan fingerprint density at radius 2 is 1.92 bits per heavy atom. The molecule has 0 bridgehead atoms. The van der Waals surface area contributed by atoms with E-state index in [1.54, 1.807) is 24.3 Å². The van der Waals surface area contributed by atoms with E-state index < -0.39 is 28.4 Å². The van der Waals surface area contributed by atoms with Gasteiger partial charge in [0.1, 0.15) is 11.4 Å². The molecule has 1 heterocycles. The van der Waals surface area contributed by atoms with E-state index in [-0.39, 0.29) is 10.5 Å². The molecule has 0 fully saturated rings. The molecule has 0 saturated carbocycles. The molecule has 3 rings (SSSR count). The lowest BCUT2D eigenvalue weighted by molar-refractivity contribution is -0.116. The molecule has 24 heavy (non-hydrogen) atoms. The quantitative estimate of drug-likeness (QED) is 0.906. The summed E-state index contributed by atoms with van der Waals surface area (Å²) in [4.78, 5) is 24.3. The summed E-state index contributed by atoms with van der Waals surface area (Å²) in [6.07, 6.45) is 0. The predicted molar refractivity (Wildman–Crippen MR) is 89.5 cm³/mol. The average Bonchev–Trinajstić information content (AvgIpc) is 2.73. The van der Waals surface area contributed by atoms with Gasteiger partial charge in [-0.1, -0.05) is 29.8 Å². The predicted octanol–water partition coefficient (Wildman–Crippen LogP) is 2.43. The fraction of sp³-hybridized carbons (Fsp3) is 0.125. The number of benzene rings is 2. The summed E-state index contributed by atoms with van der Waals surface area (Å²) in [7, 11) is -4.00. The van der Waals surface area contributed by atoms with Gasteiger partial charge in [-0.2, -0.15) is 0 Å². The average molecular weight is 365 g/mol. The number of aryl methyl sites for hydroxylation is 1. The minimum atomic E-state index is -4.00. The Hall–Kier alpha value is -2.38. The van der Waals surface area contributed by atoms with Gasteiger partial charge in [-0.25, -0.2) is 12.7 Å². The molecule has 0 aliphatic carbocycles. The summed E-state index contributed by atoms with van der Waals surface area (Å²) in [5.74, 6) is -1.33. The number of amides is 2. The van der Waals surface area contributed by atoms with Crippen LogP contribution in [0.15, 0.2) is 47.4 Å². The second-order valence-corrected chi connectivity index (χ2v) is 7.56. The van der Waals surface area contributed by atoms with Gasteiger partial charge in [0, 0.05) is 10.7 Å². The smallest absolute Gasteiger partial charge is 0.269 e. The van der Waals surface area contributed by atoms with E-state index >= 15 is 0 Å². The molecule has 0 radical (unpaired) electrons. The maximum Gasteiger partial charge on any atom is 0.269 e. The number of fused-ring (bicyclic) bond motifs is 1. The van der Waals surface area contributed by atoms with Crippen molar-refractivity contribution in [1.82, 2.24) is 4.31 Å². The Bertz CT molecular complexity index is 956. The Kier molecular flexibility index (Phi) is 4.06. The lowest BCUT2D eigenvalue weighted by Crippen LogP contribution is -2.37. The van der Waals surface area contributed by atoms with Crippen LogP contribution in [0.1, 0.15) is 15.9 Å². The number of hydrogen-bond acceptors (Lipinski definition) is 4. The fourth-order valence-electron chi connectivity index (χ4n) is 2.39. The summed E-state index contributed by atoms with van der Waals surface area (Å²) < 4.78 is 25.3. The Balaban J connectivity index is 1.80. The van der Waals surface area contributed by atoms with Crippen LogP contribution in [0.4, 0.5) is 5.69 Å². The van der Waals surface area contributed by atoms with Crippen LogP contribution in [0.25, 0.3) is 0 Å². The maximum atomic E-state index is 12.4. The van der Waals surface area contributed by atoms with Crippen molar-refractivity contribution in [1.29, 1.82) is 0 Å². The monoisotopic (exact) mass is 364 g/mol. The lowest BCUT2D eigenvalue weighted by Gasteiger charge is -2.15. The molecular formula is C16H13ClN2O4S. The van der Waals surface area contributed by atoms with Crippen LogP contribution in [0, 0.1) is 6.92 Å². The molecule has 8 heteroatoms. The number of halogens is 1. The van der Waals surface area contributed by atoms with E-state index in [1.807, 2.05) is 6.92 Å². The Labute approximate surface area is 144 Å². The van der Waals surface area contributed by atoms with Crippen LogP contribution in [-0.2, 0) is 14.8 Å². The van der Waals surface area contributed by atoms with Crippen molar-refractivity contribution in [2.75, 3.05) is 11.9 Å². The van der Waals surface area contributed by atoms with Gasteiger partial charge in [0.2, 0.25) is 5.91 Å². The first-order valence-corrected chi connectivity index (χ1v) is 8.84.